The molecule has 0 aliphatic heterocycles. The molecule has 60 valence electrons. The Balaban J connectivity index is 3.29. The van der Waals surface area contributed by atoms with Gasteiger partial charge < -0.3 is 4.74 Å². The van der Waals surface area contributed by atoms with Gasteiger partial charge in [0.15, 0.2) is 5.05 Å². The van der Waals surface area contributed by atoms with Gasteiger partial charge in [0.1, 0.15) is 0 Å². The van der Waals surface area contributed by atoms with E-state index in [0.29, 0.717) is 17.7 Å². The summed E-state index contributed by atoms with van der Waals surface area (Å²) in [5, 5.41) is 0.489. The van der Waals surface area contributed by atoms with E-state index in [1.807, 2.05) is 0 Å². The highest BCUT2D eigenvalue weighted by Gasteiger charge is 2.24. The summed E-state index contributed by atoms with van der Waals surface area (Å²) in [4.78, 5) is 0. The van der Waals surface area contributed by atoms with E-state index in [4.69, 9.17) is 38.0 Å². The Morgan fingerprint density at radius 1 is 1.50 bits per heavy atom. The molecular weight excluding hydrogens is 231 g/mol. The van der Waals surface area contributed by atoms with Crippen molar-refractivity contribution in [1.82, 2.24) is 0 Å². The number of ether oxygens (including phenoxy) is 1. The Morgan fingerprint density at radius 3 is 2.30 bits per heavy atom. The Labute approximate surface area is 80.7 Å². The van der Waals surface area contributed by atoms with Crippen LogP contribution in [0.2, 0.25) is 6.04 Å². The lowest BCUT2D eigenvalue weighted by molar-refractivity contribution is 0.333. The first-order valence-corrected chi connectivity index (χ1v) is 8.27. The third-order valence-electron chi connectivity index (χ3n) is 0.691. The van der Waals surface area contributed by atoms with Gasteiger partial charge in [-0.1, -0.05) is 0 Å². The summed E-state index contributed by atoms with van der Waals surface area (Å²) in [6.07, 6.45) is 0. The summed E-state index contributed by atoms with van der Waals surface area (Å²) in [6.45, 7) is 2.10. The van der Waals surface area contributed by atoms with Gasteiger partial charge in [0.05, 0.1) is 6.61 Å². The fraction of sp³-hybridized carbons (Fsp3) is 0.750. The highest BCUT2D eigenvalue weighted by molar-refractivity contribution is 7.80. The molecule has 1 nitrogen and oxygen atoms in total. The monoisotopic (exact) mass is 236 g/mol. The second-order valence-electron chi connectivity index (χ2n) is 1.71. The molecule has 0 unspecified atom stereocenters. The van der Waals surface area contributed by atoms with Crippen molar-refractivity contribution >= 4 is 56.5 Å². The van der Waals surface area contributed by atoms with Crippen LogP contribution in [0.3, 0.4) is 0 Å². The summed E-state index contributed by atoms with van der Waals surface area (Å²) < 4.78 is 4.93. The van der Waals surface area contributed by atoms with Gasteiger partial charge >= 0.3 is 6.00 Å². The van der Waals surface area contributed by atoms with E-state index in [2.05, 4.69) is 12.2 Å². The molecule has 0 spiro atoms. The van der Waals surface area contributed by atoms with Gasteiger partial charge in [-0.15, -0.1) is 33.2 Å². The van der Waals surface area contributed by atoms with E-state index in [9.17, 15) is 0 Å². The Bertz CT molecular complexity index is 124. The largest absolute Gasteiger partial charge is 0.488 e. The van der Waals surface area contributed by atoms with Crippen molar-refractivity contribution in [2.24, 2.45) is 0 Å². The topological polar surface area (TPSA) is 9.23 Å². The predicted octanol–water partition coefficient (Wildman–Crippen LogP) is 3.01. The quantitative estimate of drug-likeness (QED) is 0.424. The van der Waals surface area contributed by atoms with Gasteiger partial charge in [0, 0.05) is 13.0 Å². The number of rotatable bonds is 3. The van der Waals surface area contributed by atoms with Crippen LogP contribution in [0.25, 0.3) is 0 Å². The first kappa shape index (κ1) is 11.0. The fourth-order valence-corrected chi connectivity index (χ4v) is 1.42. The minimum atomic E-state index is -2.49. The molecule has 0 bridgehead atoms. The summed E-state index contributed by atoms with van der Waals surface area (Å²) in [5.74, 6) is 0. The molecule has 0 N–H and O–H groups in total. The Kier molecular flexibility index (Phi) is 5.24. The maximum Gasteiger partial charge on any atom is 0.344 e. The van der Waals surface area contributed by atoms with Crippen molar-refractivity contribution in [1.29, 1.82) is 0 Å². The molecule has 0 aromatic heterocycles. The lowest BCUT2D eigenvalue weighted by Crippen LogP contribution is -2.13. The maximum atomic E-state index is 5.56. The van der Waals surface area contributed by atoms with Crippen molar-refractivity contribution < 1.29 is 4.74 Å². The number of hydrogen-bond donors (Lipinski definition) is 0. The Hall–Kier alpha value is 0.977. The average Bonchev–Trinajstić information content (AvgIpc) is 1.59. The molecule has 0 heterocycles. The van der Waals surface area contributed by atoms with Crippen molar-refractivity contribution in [2.75, 3.05) is 6.61 Å². The molecule has 0 radical (unpaired) electrons. The maximum absolute atomic E-state index is 5.56. The minimum Gasteiger partial charge on any atom is -0.488 e. The summed E-state index contributed by atoms with van der Waals surface area (Å²) in [6, 6.07) is -2.00. The minimum absolute atomic E-state index is 0.415. The molecule has 0 fully saturated rings. The van der Waals surface area contributed by atoms with E-state index in [1.54, 1.807) is 6.92 Å². The molecule has 10 heavy (non-hydrogen) atoms. The summed E-state index contributed by atoms with van der Waals surface area (Å²) >= 11 is 21.3. The van der Waals surface area contributed by atoms with Crippen LogP contribution in [-0.4, -0.2) is 17.7 Å². The molecule has 0 aromatic rings. The second-order valence-corrected chi connectivity index (χ2v) is 11.6. The van der Waals surface area contributed by atoms with Gasteiger partial charge in [-0.3, -0.25) is 0 Å². The van der Waals surface area contributed by atoms with Gasteiger partial charge in [0.2, 0.25) is 0 Å². The van der Waals surface area contributed by atoms with Crippen LogP contribution in [0.4, 0.5) is 0 Å². The third kappa shape index (κ3) is 8.98. The first-order chi connectivity index (χ1) is 4.42. The second kappa shape index (κ2) is 4.77. The molecular formula is C4H7Cl3OSSi. The zero-order chi connectivity index (χ0) is 8.20. The van der Waals surface area contributed by atoms with Crippen molar-refractivity contribution in [3.05, 3.63) is 0 Å². The molecule has 0 aromatic carbocycles. The number of thiocarbonyl (C=S) groups is 1. The SMILES string of the molecule is CC(=S)OCC[Si](Cl)(Cl)Cl. The van der Waals surface area contributed by atoms with Gasteiger partial charge in [-0.2, -0.15) is 0 Å². The zero-order valence-corrected chi connectivity index (χ0v) is 9.45. The first-order valence-electron chi connectivity index (χ1n) is 2.62. The molecule has 0 aliphatic rings. The summed E-state index contributed by atoms with van der Waals surface area (Å²) in [7, 11) is 0. The Morgan fingerprint density at radius 2 is 2.00 bits per heavy atom. The fourth-order valence-electron chi connectivity index (χ4n) is 0.310. The van der Waals surface area contributed by atoms with E-state index in [0.717, 1.165) is 0 Å². The predicted molar refractivity (Wildman–Crippen MR) is 52.3 cm³/mol. The van der Waals surface area contributed by atoms with Crippen LogP contribution in [0, 0.1) is 0 Å². The molecule has 0 atom stereocenters. The van der Waals surface area contributed by atoms with Crippen LogP contribution < -0.4 is 0 Å². The van der Waals surface area contributed by atoms with Crippen LogP contribution in [0.15, 0.2) is 0 Å². The van der Waals surface area contributed by atoms with Crippen LogP contribution in [0.5, 0.6) is 0 Å². The highest BCUT2D eigenvalue weighted by Crippen LogP contribution is 2.24. The smallest absolute Gasteiger partial charge is 0.344 e. The normalized spacial score (nSPS) is 11.2. The lowest BCUT2D eigenvalue weighted by Gasteiger charge is -2.07. The average molecular weight is 238 g/mol. The van der Waals surface area contributed by atoms with Crippen molar-refractivity contribution in [3.63, 3.8) is 0 Å². The zero-order valence-electron chi connectivity index (χ0n) is 5.36. The van der Waals surface area contributed by atoms with E-state index in [1.165, 1.54) is 0 Å². The van der Waals surface area contributed by atoms with Gasteiger partial charge in [0.25, 0.3) is 0 Å². The number of halogens is 3. The van der Waals surface area contributed by atoms with Crippen LogP contribution in [0.1, 0.15) is 6.92 Å². The van der Waals surface area contributed by atoms with Crippen LogP contribution in [-0.2, 0) is 4.74 Å². The van der Waals surface area contributed by atoms with E-state index < -0.39 is 6.00 Å². The standard InChI is InChI=1S/C4H7Cl3OSSi/c1-4(9)8-2-3-10(5,6)7/h2-3H2,1H3. The van der Waals surface area contributed by atoms with E-state index >= 15 is 0 Å². The summed E-state index contributed by atoms with van der Waals surface area (Å²) in [5.41, 5.74) is 0. The van der Waals surface area contributed by atoms with Gasteiger partial charge in [-0.05, 0) is 12.2 Å². The van der Waals surface area contributed by atoms with Crippen molar-refractivity contribution in [2.45, 2.75) is 13.0 Å². The molecule has 0 saturated carbocycles. The lowest BCUT2D eigenvalue weighted by atomic mass is 10.8. The third-order valence-corrected chi connectivity index (χ3v) is 3.28. The van der Waals surface area contributed by atoms with Crippen LogP contribution >= 0.6 is 45.5 Å². The molecule has 0 amide bonds. The molecule has 0 rings (SSSR count). The molecule has 6 heteroatoms. The molecule has 0 saturated heterocycles. The van der Waals surface area contributed by atoms with E-state index in [-0.39, 0.29) is 0 Å². The highest BCUT2D eigenvalue weighted by atomic mass is 35.8. The number of hydrogen-bond acceptors (Lipinski definition) is 2. The molecule has 0 aliphatic carbocycles. The van der Waals surface area contributed by atoms with Gasteiger partial charge in [-0.25, -0.2) is 0 Å². The van der Waals surface area contributed by atoms with Crippen molar-refractivity contribution in [3.8, 4) is 0 Å².